The van der Waals surface area contributed by atoms with E-state index in [2.05, 4.69) is 5.32 Å². The average Bonchev–Trinajstić information content (AvgIpc) is 2.95. The van der Waals surface area contributed by atoms with Crippen LogP contribution in [0.25, 0.3) is 0 Å². The molecule has 3 aromatic carbocycles. The molecule has 1 atom stereocenters. The number of amides is 2. The molecule has 0 radical (unpaired) electrons. The lowest BCUT2D eigenvalue weighted by Gasteiger charge is -2.32. The van der Waals surface area contributed by atoms with Gasteiger partial charge in [-0.3, -0.25) is 13.9 Å². The fraction of sp³-hybridized carbons (Fsp3) is 0.310. The summed E-state index contributed by atoms with van der Waals surface area (Å²) in [6, 6.07) is 18.3. The second-order valence-electron chi connectivity index (χ2n) is 9.07. The number of nitrogens with one attached hydrogen (secondary N) is 1. The van der Waals surface area contributed by atoms with E-state index in [4.69, 9.17) is 27.9 Å². The fourth-order valence-electron chi connectivity index (χ4n) is 4.02. The van der Waals surface area contributed by atoms with Gasteiger partial charge in [-0.25, -0.2) is 8.42 Å². The van der Waals surface area contributed by atoms with E-state index >= 15 is 0 Å². The fourth-order valence-corrected chi connectivity index (χ4v) is 5.82. The Morgan fingerprint density at radius 1 is 1.00 bits per heavy atom. The van der Waals surface area contributed by atoms with Crippen molar-refractivity contribution in [2.75, 3.05) is 24.5 Å². The Morgan fingerprint density at radius 3 is 2.33 bits per heavy atom. The maximum Gasteiger partial charge on any atom is 0.264 e. The molecular formula is C29H33Cl2N3O5S. The summed E-state index contributed by atoms with van der Waals surface area (Å²) in [5.41, 5.74) is 0.702. The summed E-state index contributed by atoms with van der Waals surface area (Å²) < 4.78 is 34.2. The number of hydrogen-bond acceptors (Lipinski definition) is 5. The highest BCUT2D eigenvalue weighted by Crippen LogP contribution is 2.35. The monoisotopic (exact) mass is 605 g/mol. The van der Waals surface area contributed by atoms with Crippen molar-refractivity contribution >= 4 is 50.7 Å². The van der Waals surface area contributed by atoms with Crippen molar-refractivity contribution in [2.24, 2.45) is 0 Å². The Morgan fingerprint density at radius 2 is 1.68 bits per heavy atom. The Balaban J connectivity index is 2.07. The van der Waals surface area contributed by atoms with Crippen molar-refractivity contribution in [2.45, 2.75) is 44.2 Å². The number of hydrogen-bond donors (Lipinski definition) is 1. The van der Waals surface area contributed by atoms with Crippen LogP contribution in [0.2, 0.25) is 10.0 Å². The molecule has 1 unspecified atom stereocenters. The molecule has 3 rings (SSSR count). The van der Waals surface area contributed by atoms with Crippen LogP contribution in [0.4, 0.5) is 5.69 Å². The molecule has 214 valence electrons. The van der Waals surface area contributed by atoms with Crippen LogP contribution in [-0.2, 0) is 26.2 Å². The third kappa shape index (κ3) is 7.68. The summed E-state index contributed by atoms with van der Waals surface area (Å²) in [5.74, 6) is -0.758. The number of carbonyl (C=O) groups is 2. The normalized spacial score (nSPS) is 11.9. The van der Waals surface area contributed by atoms with Crippen LogP contribution < -0.4 is 14.4 Å². The molecule has 0 spiro atoms. The minimum Gasteiger partial charge on any atom is -0.495 e. The SMILES string of the molecule is CCCCNC(=O)C(C)N(Cc1ccccc1Cl)C(=O)CN(c1cc(Cl)ccc1OC)S(=O)(=O)c1ccccc1. The number of benzene rings is 3. The van der Waals surface area contributed by atoms with Gasteiger partial charge in [-0.1, -0.05) is 72.9 Å². The maximum atomic E-state index is 14.0. The second kappa shape index (κ2) is 14.4. The molecule has 0 saturated heterocycles. The summed E-state index contributed by atoms with van der Waals surface area (Å²) >= 11 is 12.6. The standard InChI is InChI=1S/C29H33Cl2N3O5S/c1-4-5-17-32-29(36)21(2)33(19-22-11-9-10-14-25(22)31)28(35)20-34(26-18-23(30)15-16-27(26)39-3)40(37,38)24-12-7-6-8-13-24/h6-16,18,21H,4-5,17,19-20H2,1-3H3,(H,32,36). The highest BCUT2D eigenvalue weighted by Gasteiger charge is 2.34. The smallest absolute Gasteiger partial charge is 0.264 e. The van der Waals surface area contributed by atoms with Gasteiger partial charge >= 0.3 is 0 Å². The number of methoxy groups -OCH3 is 1. The third-order valence-corrected chi connectivity index (χ3v) is 8.69. The van der Waals surface area contributed by atoms with Gasteiger partial charge in [0.2, 0.25) is 11.8 Å². The first kappa shape index (κ1) is 31.3. The number of anilines is 1. The zero-order valence-electron chi connectivity index (χ0n) is 22.6. The predicted octanol–water partition coefficient (Wildman–Crippen LogP) is 5.53. The largest absolute Gasteiger partial charge is 0.495 e. The first-order valence-corrected chi connectivity index (χ1v) is 15.0. The molecule has 0 bridgehead atoms. The lowest BCUT2D eigenvalue weighted by molar-refractivity contribution is -0.139. The second-order valence-corrected chi connectivity index (χ2v) is 11.8. The first-order chi connectivity index (χ1) is 19.1. The van der Waals surface area contributed by atoms with Crippen LogP contribution in [0.1, 0.15) is 32.3 Å². The van der Waals surface area contributed by atoms with E-state index in [1.165, 1.54) is 36.3 Å². The number of unbranched alkanes of at least 4 members (excludes halogenated alkanes) is 1. The van der Waals surface area contributed by atoms with E-state index < -0.39 is 28.5 Å². The molecule has 0 heterocycles. The molecule has 0 aliphatic heterocycles. The zero-order chi connectivity index (χ0) is 29.3. The molecule has 0 saturated carbocycles. The van der Waals surface area contributed by atoms with E-state index in [0.29, 0.717) is 17.1 Å². The number of carbonyl (C=O) groups excluding carboxylic acids is 2. The van der Waals surface area contributed by atoms with E-state index in [9.17, 15) is 18.0 Å². The Hall–Kier alpha value is -3.27. The minimum absolute atomic E-state index is 0.00717. The molecular weight excluding hydrogens is 573 g/mol. The summed E-state index contributed by atoms with van der Waals surface area (Å²) in [6.45, 7) is 3.44. The number of halogens is 2. The van der Waals surface area contributed by atoms with Gasteiger partial charge < -0.3 is 15.0 Å². The number of ether oxygens (including phenoxy) is 1. The Kier molecular flexibility index (Phi) is 11.2. The van der Waals surface area contributed by atoms with Crippen LogP contribution in [0, 0.1) is 0 Å². The lowest BCUT2D eigenvalue weighted by Crippen LogP contribution is -2.51. The van der Waals surface area contributed by atoms with Crippen LogP contribution in [0.5, 0.6) is 5.75 Å². The molecule has 8 nitrogen and oxygen atoms in total. The van der Waals surface area contributed by atoms with Crippen molar-refractivity contribution in [3.63, 3.8) is 0 Å². The topological polar surface area (TPSA) is 96.0 Å². The van der Waals surface area contributed by atoms with E-state index in [-0.39, 0.29) is 33.8 Å². The van der Waals surface area contributed by atoms with Gasteiger partial charge in [-0.05, 0) is 55.3 Å². The van der Waals surface area contributed by atoms with Crippen LogP contribution in [0.3, 0.4) is 0 Å². The molecule has 40 heavy (non-hydrogen) atoms. The van der Waals surface area contributed by atoms with Gasteiger partial charge in [0, 0.05) is 23.1 Å². The summed E-state index contributed by atoms with van der Waals surface area (Å²) in [6.07, 6.45) is 1.68. The van der Waals surface area contributed by atoms with Crippen molar-refractivity contribution < 1.29 is 22.7 Å². The van der Waals surface area contributed by atoms with Gasteiger partial charge in [0.1, 0.15) is 18.3 Å². The van der Waals surface area contributed by atoms with Gasteiger partial charge in [0.15, 0.2) is 0 Å². The maximum absolute atomic E-state index is 14.0. The number of rotatable bonds is 13. The summed E-state index contributed by atoms with van der Waals surface area (Å²) in [7, 11) is -2.86. The van der Waals surface area contributed by atoms with Crippen molar-refractivity contribution in [3.8, 4) is 5.75 Å². The minimum atomic E-state index is -4.26. The van der Waals surface area contributed by atoms with Gasteiger partial charge in [-0.15, -0.1) is 0 Å². The quantitative estimate of drug-likeness (QED) is 0.258. The predicted molar refractivity (Wildman–Crippen MR) is 158 cm³/mol. The zero-order valence-corrected chi connectivity index (χ0v) is 25.0. The molecule has 2 amide bonds. The van der Waals surface area contributed by atoms with Crippen molar-refractivity contribution in [1.82, 2.24) is 10.2 Å². The lowest BCUT2D eigenvalue weighted by atomic mass is 10.1. The molecule has 0 aliphatic rings. The average molecular weight is 607 g/mol. The van der Waals surface area contributed by atoms with Crippen LogP contribution in [0.15, 0.2) is 77.7 Å². The van der Waals surface area contributed by atoms with E-state index in [1.807, 2.05) is 6.92 Å². The summed E-state index contributed by atoms with van der Waals surface area (Å²) in [5, 5.41) is 3.53. The van der Waals surface area contributed by atoms with Crippen molar-refractivity contribution in [1.29, 1.82) is 0 Å². The van der Waals surface area contributed by atoms with Gasteiger partial charge in [0.05, 0.1) is 17.7 Å². The number of nitrogens with zero attached hydrogens (tertiary/aromatic N) is 2. The molecule has 0 aliphatic carbocycles. The van der Waals surface area contributed by atoms with E-state index in [0.717, 1.165) is 17.1 Å². The number of sulfonamides is 1. The highest BCUT2D eigenvalue weighted by molar-refractivity contribution is 7.92. The van der Waals surface area contributed by atoms with E-state index in [1.54, 1.807) is 55.5 Å². The third-order valence-electron chi connectivity index (χ3n) is 6.32. The molecule has 0 aromatic heterocycles. The Labute approximate surface area is 245 Å². The molecule has 11 heteroatoms. The highest BCUT2D eigenvalue weighted by atomic mass is 35.5. The van der Waals surface area contributed by atoms with Crippen LogP contribution in [-0.4, -0.2) is 51.4 Å². The summed E-state index contributed by atoms with van der Waals surface area (Å²) in [4.78, 5) is 28.4. The van der Waals surface area contributed by atoms with Gasteiger partial charge in [0.25, 0.3) is 10.0 Å². The van der Waals surface area contributed by atoms with Gasteiger partial charge in [-0.2, -0.15) is 0 Å². The molecule has 0 fully saturated rings. The Bertz CT molecular complexity index is 1420. The first-order valence-electron chi connectivity index (χ1n) is 12.8. The van der Waals surface area contributed by atoms with Crippen LogP contribution >= 0.6 is 23.2 Å². The molecule has 3 aromatic rings. The molecule has 1 N–H and O–H groups in total. The van der Waals surface area contributed by atoms with Crippen molar-refractivity contribution in [3.05, 3.63) is 88.4 Å².